The van der Waals surface area contributed by atoms with Gasteiger partial charge in [0.25, 0.3) is 0 Å². The Labute approximate surface area is 182 Å². The number of pyridine rings is 2. The lowest BCUT2D eigenvalue weighted by Gasteiger charge is -2.20. The second-order valence-corrected chi connectivity index (χ2v) is 9.78. The quantitative estimate of drug-likeness (QED) is 0.556. The van der Waals surface area contributed by atoms with Gasteiger partial charge in [0.15, 0.2) is 5.65 Å². The number of nitrogens with zero attached hydrogens (tertiary/aromatic N) is 2. The molecular weight excluding hydrogens is 416 g/mol. The first-order chi connectivity index (χ1) is 14.5. The number of benzene rings is 1. The first kappa shape index (κ1) is 22.6. The molecule has 1 aromatic carbocycles. The van der Waals surface area contributed by atoms with E-state index in [1.54, 1.807) is 39.8 Å². The van der Waals surface area contributed by atoms with E-state index in [2.05, 4.69) is 20.0 Å². The number of aromatic nitrogens is 2. The average molecular weight is 443 g/mol. The van der Waals surface area contributed by atoms with E-state index in [1.807, 2.05) is 19.1 Å². The maximum atomic E-state index is 12.5. The average Bonchev–Trinajstić information content (AvgIpc) is 2.66. The second kappa shape index (κ2) is 8.60. The third-order valence-corrected chi connectivity index (χ3v) is 6.01. The van der Waals surface area contributed by atoms with Crippen molar-refractivity contribution in [2.75, 3.05) is 11.9 Å². The molecule has 0 spiro atoms. The van der Waals surface area contributed by atoms with E-state index in [-0.39, 0.29) is 17.1 Å². The zero-order valence-electron chi connectivity index (χ0n) is 18.2. The molecule has 0 aliphatic heterocycles. The van der Waals surface area contributed by atoms with E-state index in [9.17, 15) is 13.2 Å². The standard InChI is InChI=1S/C22H26N4O4S/c1-6-30-21(27)18-13-23-20-17(12-7-14(2)24-20)19(18)25-15-8-10-16(11-9-15)31(28,29)26-22(3,4)5/h7-13,26H,6H2,1-5H3,(H,23,24,25). The number of carbonyl (C=O) groups is 1. The van der Waals surface area contributed by atoms with Crippen LogP contribution in [-0.2, 0) is 14.8 Å². The molecule has 0 fully saturated rings. The molecule has 0 bridgehead atoms. The molecule has 3 aromatic rings. The minimum Gasteiger partial charge on any atom is -0.462 e. The summed E-state index contributed by atoms with van der Waals surface area (Å²) in [6, 6.07) is 9.96. The molecule has 0 radical (unpaired) electrons. The fraction of sp³-hybridized carbons (Fsp3) is 0.318. The van der Waals surface area contributed by atoms with Crippen molar-refractivity contribution in [2.24, 2.45) is 0 Å². The zero-order valence-corrected chi connectivity index (χ0v) is 19.0. The molecule has 0 saturated carbocycles. The van der Waals surface area contributed by atoms with Crippen LogP contribution < -0.4 is 10.0 Å². The minimum absolute atomic E-state index is 0.149. The van der Waals surface area contributed by atoms with E-state index in [0.29, 0.717) is 22.4 Å². The Hall–Kier alpha value is -3.04. The summed E-state index contributed by atoms with van der Waals surface area (Å²) in [6.07, 6.45) is 1.43. The van der Waals surface area contributed by atoms with Crippen molar-refractivity contribution >= 4 is 38.4 Å². The van der Waals surface area contributed by atoms with Crippen molar-refractivity contribution in [3.05, 3.63) is 53.9 Å². The van der Waals surface area contributed by atoms with Crippen molar-refractivity contribution in [1.29, 1.82) is 0 Å². The molecule has 2 aromatic heterocycles. The second-order valence-electron chi connectivity index (χ2n) is 8.10. The predicted molar refractivity (Wildman–Crippen MR) is 120 cm³/mol. The molecule has 8 nitrogen and oxygen atoms in total. The molecule has 0 aliphatic carbocycles. The van der Waals surface area contributed by atoms with Crippen LogP contribution in [0.2, 0.25) is 0 Å². The maximum absolute atomic E-state index is 12.5. The summed E-state index contributed by atoms with van der Waals surface area (Å²) in [4.78, 5) is 21.3. The Morgan fingerprint density at radius 1 is 1.10 bits per heavy atom. The van der Waals surface area contributed by atoms with Gasteiger partial charge in [0, 0.05) is 28.5 Å². The van der Waals surface area contributed by atoms with Crippen LogP contribution in [0.3, 0.4) is 0 Å². The van der Waals surface area contributed by atoms with Crippen molar-refractivity contribution in [1.82, 2.24) is 14.7 Å². The summed E-state index contributed by atoms with van der Waals surface area (Å²) in [5.74, 6) is -0.506. The number of hydrogen-bond donors (Lipinski definition) is 2. The van der Waals surface area contributed by atoms with Crippen molar-refractivity contribution in [3.8, 4) is 0 Å². The van der Waals surface area contributed by atoms with Gasteiger partial charge in [-0.15, -0.1) is 0 Å². The minimum atomic E-state index is -3.65. The number of hydrogen-bond acceptors (Lipinski definition) is 7. The van der Waals surface area contributed by atoms with E-state index in [0.717, 1.165) is 5.69 Å². The van der Waals surface area contributed by atoms with Crippen molar-refractivity contribution < 1.29 is 17.9 Å². The maximum Gasteiger partial charge on any atom is 0.341 e. The van der Waals surface area contributed by atoms with E-state index in [1.165, 1.54) is 18.3 Å². The van der Waals surface area contributed by atoms with Crippen LogP contribution in [0.25, 0.3) is 11.0 Å². The number of nitrogens with one attached hydrogen (secondary N) is 2. The molecule has 3 rings (SSSR count). The van der Waals surface area contributed by atoms with Crippen molar-refractivity contribution in [2.45, 2.75) is 45.1 Å². The predicted octanol–water partition coefficient (Wildman–Crippen LogP) is 3.94. The normalized spacial score (nSPS) is 12.0. The molecule has 31 heavy (non-hydrogen) atoms. The molecule has 164 valence electrons. The summed E-state index contributed by atoms with van der Waals surface area (Å²) < 4.78 is 32.8. The van der Waals surface area contributed by atoms with Gasteiger partial charge in [-0.1, -0.05) is 0 Å². The summed E-state index contributed by atoms with van der Waals surface area (Å²) in [7, 11) is -3.65. The lowest BCUT2D eigenvalue weighted by atomic mass is 10.1. The molecule has 0 amide bonds. The smallest absolute Gasteiger partial charge is 0.341 e. The lowest BCUT2D eigenvalue weighted by Crippen LogP contribution is -2.40. The highest BCUT2D eigenvalue weighted by molar-refractivity contribution is 7.89. The number of fused-ring (bicyclic) bond motifs is 1. The Bertz CT molecular complexity index is 1220. The van der Waals surface area contributed by atoms with Crippen LogP contribution in [0.4, 0.5) is 11.4 Å². The number of esters is 1. The Balaban J connectivity index is 2.00. The Kier molecular flexibility index (Phi) is 6.28. The number of carbonyl (C=O) groups excluding carboxylic acids is 1. The van der Waals surface area contributed by atoms with Gasteiger partial charge in [-0.25, -0.2) is 27.9 Å². The molecule has 0 saturated heterocycles. The number of aryl methyl sites for hydroxylation is 1. The van der Waals surface area contributed by atoms with Gasteiger partial charge in [0.2, 0.25) is 10.0 Å². The van der Waals surface area contributed by atoms with Gasteiger partial charge >= 0.3 is 5.97 Å². The van der Waals surface area contributed by atoms with Crippen LogP contribution in [0, 0.1) is 6.92 Å². The number of anilines is 2. The molecular formula is C22H26N4O4S. The van der Waals surface area contributed by atoms with Gasteiger partial charge < -0.3 is 10.1 Å². The van der Waals surface area contributed by atoms with Gasteiger partial charge in [0.1, 0.15) is 5.56 Å². The van der Waals surface area contributed by atoms with E-state index in [4.69, 9.17) is 4.74 Å². The van der Waals surface area contributed by atoms with Gasteiger partial charge in [-0.05, 0) is 71.0 Å². The Morgan fingerprint density at radius 2 is 1.77 bits per heavy atom. The first-order valence-corrected chi connectivity index (χ1v) is 11.3. The SMILES string of the molecule is CCOC(=O)c1cnc2nc(C)ccc2c1Nc1ccc(S(=O)(=O)NC(C)(C)C)cc1. The largest absolute Gasteiger partial charge is 0.462 e. The zero-order chi connectivity index (χ0) is 22.8. The van der Waals surface area contributed by atoms with Crippen LogP contribution in [0.5, 0.6) is 0 Å². The van der Waals surface area contributed by atoms with Gasteiger partial charge in [-0.3, -0.25) is 0 Å². The van der Waals surface area contributed by atoms with Gasteiger partial charge in [0.05, 0.1) is 17.2 Å². The molecule has 9 heteroatoms. The fourth-order valence-corrected chi connectivity index (χ4v) is 4.41. The third kappa shape index (κ3) is 5.36. The van der Waals surface area contributed by atoms with Gasteiger partial charge in [-0.2, -0.15) is 0 Å². The molecule has 2 heterocycles. The number of ether oxygens (including phenoxy) is 1. The highest BCUT2D eigenvalue weighted by Crippen LogP contribution is 2.30. The fourth-order valence-electron chi connectivity index (χ4n) is 2.99. The number of rotatable bonds is 6. The summed E-state index contributed by atoms with van der Waals surface area (Å²) in [5.41, 5.74) is 2.07. The van der Waals surface area contributed by atoms with Crippen LogP contribution >= 0.6 is 0 Å². The Morgan fingerprint density at radius 3 is 2.39 bits per heavy atom. The van der Waals surface area contributed by atoms with E-state index >= 15 is 0 Å². The third-order valence-electron chi connectivity index (χ3n) is 4.24. The molecule has 0 atom stereocenters. The van der Waals surface area contributed by atoms with Crippen molar-refractivity contribution in [3.63, 3.8) is 0 Å². The van der Waals surface area contributed by atoms with Crippen LogP contribution in [0.1, 0.15) is 43.7 Å². The van der Waals surface area contributed by atoms with Crippen LogP contribution in [0.15, 0.2) is 47.5 Å². The first-order valence-electron chi connectivity index (χ1n) is 9.85. The van der Waals surface area contributed by atoms with Crippen LogP contribution in [-0.4, -0.2) is 36.5 Å². The topological polar surface area (TPSA) is 110 Å². The monoisotopic (exact) mass is 442 g/mol. The summed E-state index contributed by atoms with van der Waals surface area (Å²) in [6.45, 7) is 9.16. The summed E-state index contributed by atoms with van der Waals surface area (Å²) >= 11 is 0. The molecule has 0 aliphatic rings. The highest BCUT2D eigenvalue weighted by atomic mass is 32.2. The molecule has 2 N–H and O–H groups in total. The lowest BCUT2D eigenvalue weighted by molar-refractivity contribution is 0.0527. The number of sulfonamides is 1. The summed E-state index contributed by atoms with van der Waals surface area (Å²) in [5, 5.41) is 3.86. The highest BCUT2D eigenvalue weighted by Gasteiger charge is 2.22. The van der Waals surface area contributed by atoms with E-state index < -0.39 is 21.5 Å². The molecule has 0 unspecified atom stereocenters.